The van der Waals surface area contributed by atoms with Crippen LogP contribution in [-0.2, 0) is 9.47 Å². The van der Waals surface area contributed by atoms with Gasteiger partial charge in [0.25, 0.3) is 0 Å². The molecule has 3 fully saturated rings. The van der Waals surface area contributed by atoms with E-state index in [1.54, 1.807) is 0 Å². The molecule has 1 spiro atoms. The molecule has 0 aromatic carbocycles. The zero-order valence-corrected chi connectivity index (χ0v) is 9.34. The van der Waals surface area contributed by atoms with Crippen LogP contribution in [-0.4, -0.2) is 37.5 Å². The first kappa shape index (κ1) is 10.1. The molecular formula is C12H21NO2. The van der Waals surface area contributed by atoms with Gasteiger partial charge < -0.3 is 14.8 Å². The molecule has 3 aliphatic rings. The van der Waals surface area contributed by atoms with E-state index in [1.165, 1.54) is 38.5 Å². The van der Waals surface area contributed by atoms with Gasteiger partial charge in [-0.15, -0.1) is 0 Å². The van der Waals surface area contributed by atoms with Gasteiger partial charge in [-0.1, -0.05) is 0 Å². The number of hydrogen-bond acceptors (Lipinski definition) is 3. The lowest BCUT2D eigenvalue weighted by molar-refractivity contribution is -0.136. The second-order valence-electron chi connectivity index (χ2n) is 5.30. The van der Waals surface area contributed by atoms with Crippen molar-refractivity contribution in [2.24, 2.45) is 0 Å². The van der Waals surface area contributed by atoms with E-state index in [-0.39, 0.29) is 5.60 Å². The Bertz CT molecular complexity index is 222. The summed E-state index contributed by atoms with van der Waals surface area (Å²) >= 11 is 0. The number of ether oxygens (including phenoxy) is 2. The van der Waals surface area contributed by atoms with Crippen molar-refractivity contribution in [1.29, 1.82) is 0 Å². The van der Waals surface area contributed by atoms with E-state index >= 15 is 0 Å². The number of rotatable bonds is 2. The second-order valence-corrected chi connectivity index (χ2v) is 5.30. The summed E-state index contributed by atoms with van der Waals surface area (Å²) in [5.41, 5.74) is 0.273. The van der Waals surface area contributed by atoms with Crippen LogP contribution in [0.5, 0.6) is 0 Å². The SMILES string of the molecule is C1CC2(C1)CC(NC1CCOC1)CCO2. The molecule has 1 aliphatic carbocycles. The Morgan fingerprint density at radius 3 is 2.60 bits per heavy atom. The highest BCUT2D eigenvalue weighted by Crippen LogP contribution is 2.42. The van der Waals surface area contributed by atoms with E-state index in [4.69, 9.17) is 9.47 Å². The summed E-state index contributed by atoms with van der Waals surface area (Å²) in [5, 5.41) is 3.74. The minimum Gasteiger partial charge on any atom is -0.380 e. The van der Waals surface area contributed by atoms with E-state index in [0.717, 1.165) is 19.8 Å². The maximum Gasteiger partial charge on any atom is 0.0697 e. The standard InChI is InChI=1S/C12H21NO2/c1-4-12(5-1)8-10(3-7-15-12)13-11-2-6-14-9-11/h10-11,13H,1-9H2. The largest absolute Gasteiger partial charge is 0.380 e. The molecule has 2 unspecified atom stereocenters. The third kappa shape index (κ3) is 2.05. The molecule has 0 bridgehead atoms. The molecule has 2 aliphatic heterocycles. The van der Waals surface area contributed by atoms with Crippen molar-refractivity contribution in [1.82, 2.24) is 5.32 Å². The molecule has 15 heavy (non-hydrogen) atoms. The minimum absolute atomic E-state index is 0.273. The lowest BCUT2D eigenvalue weighted by Gasteiger charge is -2.47. The van der Waals surface area contributed by atoms with Crippen molar-refractivity contribution < 1.29 is 9.47 Å². The average Bonchev–Trinajstić information content (AvgIpc) is 2.69. The lowest BCUT2D eigenvalue weighted by atomic mass is 9.74. The minimum atomic E-state index is 0.273. The van der Waals surface area contributed by atoms with Crippen molar-refractivity contribution in [2.45, 2.75) is 56.2 Å². The fourth-order valence-electron chi connectivity index (χ4n) is 3.09. The van der Waals surface area contributed by atoms with Gasteiger partial charge in [0.15, 0.2) is 0 Å². The van der Waals surface area contributed by atoms with Gasteiger partial charge in [0.1, 0.15) is 0 Å². The Morgan fingerprint density at radius 2 is 1.93 bits per heavy atom. The summed E-state index contributed by atoms with van der Waals surface area (Å²) in [6.07, 6.45) is 7.52. The molecule has 0 aromatic rings. The smallest absolute Gasteiger partial charge is 0.0697 e. The summed E-state index contributed by atoms with van der Waals surface area (Å²) < 4.78 is 11.3. The molecule has 2 atom stereocenters. The Morgan fingerprint density at radius 1 is 1.07 bits per heavy atom. The highest BCUT2D eigenvalue weighted by molar-refractivity contribution is 4.96. The van der Waals surface area contributed by atoms with Crippen LogP contribution in [0, 0.1) is 0 Å². The van der Waals surface area contributed by atoms with Gasteiger partial charge in [-0.05, 0) is 38.5 Å². The third-order valence-corrected chi connectivity index (χ3v) is 4.16. The number of hydrogen-bond donors (Lipinski definition) is 1. The predicted octanol–water partition coefficient (Wildman–Crippen LogP) is 1.47. The van der Waals surface area contributed by atoms with Crippen LogP contribution in [0.1, 0.15) is 38.5 Å². The van der Waals surface area contributed by atoms with Crippen LogP contribution in [0.25, 0.3) is 0 Å². The first-order chi connectivity index (χ1) is 7.36. The zero-order chi connectivity index (χ0) is 10.1. The summed E-state index contributed by atoms with van der Waals surface area (Å²) in [6, 6.07) is 1.27. The molecule has 0 radical (unpaired) electrons. The monoisotopic (exact) mass is 211 g/mol. The van der Waals surface area contributed by atoms with E-state index in [9.17, 15) is 0 Å². The van der Waals surface area contributed by atoms with E-state index in [0.29, 0.717) is 12.1 Å². The van der Waals surface area contributed by atoms with Crippen molar-refractivity contribution in [3.05, 3.63) is 0 Å². The quantitative estimate of drug-likeness (QED) is 0.750. The predicted molar refractivity (Wildman–Crippen MR) is 57.9 cm³/mol. The Hall–Kier alpha value is -0.120. The van der Waals surface area contributed by atoms with Gasteiger partial charge in [-0.2, -0.15) is 0 Å². The number of nitrogens with one attached hydrogen (secondary N) is 1. The second kappa shape index (κ2) is 4.04. The van der Waals surface area contributed by atoms with Crippen LogP contribution in [0.2, 0.25) is 0 Å². The summed E-state index contributed by atoms with van der Waals surface area (Å²) in [7, 11) is 0. The maximum atomic E-state index is 5.92. The topological polar surface area (TPSA) is 30.5 Å². The van der Waals surface area contributed by atoms with E-state index < -0.39 is 0 Å². The summed E-state index contributed by atoms with van der Waals surface area (Å²) in [6.45, 7) is 2.79. The molecule has 2 saturated heterocycles. The molecule has 3 heteroatoms. The zero-order valence-electron chi connectivity index (χ0n) is 9.34. The fourth-order valence-corrected chi connectivity index (χ4v) is 3.09. The van der Waals surface area contributed by atoms with E-state index in [1.807, 2.05) is 0 Å². The van der Waals surface area contributed by atoms with Crippen LogP contribution in [0.15, 0.2) is 0 Å². The van der Waals surface area contributed by atoms with Crippen LogP contribution >= 0.6 is 0 Å². The Kier molecular flexibility index (Phi) is 2.71. The highest BCUT2D eigenvalue weighted by atomic mass is 16.5. The molecular weight excluding hydrogens is 190 g/mol. The average molecular weight is 211 g/mol. The van der Waals surface area contributed by atoms with Crippen molar-refractivity contribution in [2.75, 3.05) is 19.8 Å². The van der Waals surface area contributed by atoms with E-state index in [2.05, 4.69) is 5.32 Å². The normalized spacial score (nSPS) is 39.2. The van der Waals surface area contributed by atoms with Gasteiger partial charge in [0.05, 0.1) is 12.2 Å². The van der Waals surface area contributed by atoms with Crippen molar-refractivity contribution >= 4 is 0 Å². The van der Waals surface area contributed by atoms with Gasteiger partial charge in [-0.25, -0.2) is 0 Å². The van der Waals surface area contributed by atoms with Crippen molar-refractivity contribution in [3.63, 3.8) is 0 Å². The molecule has 86 valence electrons. The first-order valence-electron chi connectivity index (χ1n) is 6.34. The fraction of sp³-hybridized carbons (Fsp3) is 1.00. The maximum absolute atomic E-state index is 5.92. The van der Waals surface area contributed by atoms with Gasteiger partial charge in [-0.3, -0.25) is 0 Å². The van der Waals surface area contributed by atoms with Crippen LogP contribution in [0.4, 0.5) is 0 Å². The Balaban J connectivity index is 1.52. The van der Waals surface area contributed by atoms with Gasteiger partial charge >= 0.3 is 0 Å². The van der Waals surface area contributed by atoms with Crippen LogP contribution < -0.4 is 5.32 Å². The molecule has 0 aromatic heterocycles. The Labute approximate surface area is 91.5 Å². The molecule has 3 rings (SSSR count). The first-order valence-corrected chi connectivity index (χ1v) is 6.34. The summed E-state index contributed by atoms with van der Waals surface area (Å²) in [4.78, 5) is 0. The molecule has 3 nitrogen and oxygen atoms in total. The van der Waals surface area contributed by atoms with Crippen LogP contribution in [0.3, 0.4) is 0 Å². The highest BCUT2D eigenvalue weighted by Gasteiger charge is 2.42. The van der Waals surface area contributed by atoms with Crippen molar-refractivity contribution in [3.8, 4) is 0 Å². The lowest BCUT2D eigenvalue weighted by Crippen LogP contribution is -2.52. The molecule has 0 amide bonds. The molecule has 1 N–H and O–H groups in total. The van der Waals surface area contributed by atoms with Gasteiger partial charge in [0.2, 0.25) is 0 Å². The molecule has 1 saturated carbocycles. The summed E-state index contributed by atoms with van der Waals surface area (Å²) in [5.74, 6) is 0. The third-order valence-electron chi connectivity index (χ3n) is 4.16. The van der Waals surface area contributed by atoms with Gasteiger partial charge in [0, 0.05) is 25.3 Å². The molecule has 2 heterocycles.